The van der Waals surface area contributed by atoms with Crippen molar-refractivity contribution in [2.24, 2.45) is 5.92 Å². The molecular formula is C27H28N4O5. The number of rotatable bonds is 6. The van der Waals surface area contributed by atoms with Gasteiger partial charge in [-0.15, -0.1) is 0 Å². The molecule has 1 N–H and O–H groups in total. The zero-order valence-electron chi connectivity index (χ0n) is 20.2. The minimum atomic E-state index is -0.821. The van der Waals surface area contributed by atoms with Gasteiger partial charge in [-0.2, -0.15) is 0 Å². The van der Waals surface area contributed by atoms with Gasteiger partial charge in [0.1, 0.15) is 23.4 Å². The SMILES string of the molecule is CC(C)CC(NC(=O)c1cc2ccccc2o1)C(=O)N1CCC2C1C(=O)CN2C(=O)c1ccccn1. The second-order valence-corrected chi connectivity index (χ2v) is 9.75. The number of carbonyl (C=O) groups is 4. The molecule has 2 aromatic heterocycles. The molecule has 3 unspecified atom stereocenters. The average molecular weight is 489 g/mol. The molecule has 0 spiro atoms. The van der Waals surface area contributed by atoms with Gasteiger partial charge < -0.3 is 19.5 Å². The molecule has 9 nitrogen and oxygen atoms in total. The summed E-state index contributed by atoms with van der Waals surface area (Å²) in [5.41, 5.74) is 0.859. The number of fused-ring (bicyclic) bond motifs is 2. The van der Waals surface area contributed by atoms with Crippen molar-refractivity contribution in [2.45, 2.75) is 44.8 Å². The molecule has 36 heavy (non-hydrogen) atoms. The van der Waals surface area contributed by atoms with Crippen molar-refractivity contribution in [1.29, 1.82) is 0 Å². The first-order valence-electron chi connectivity index (χ1n) is 12.2. The van der Waals surface area contributed by atoms with Crippen LogP contribution in [0.2, 0.25) is 0 Å². The number of pyridine rings is 1. The van der Waals surface area contributed by atoms with Crippen LogP contribution >= 0.6 is 0 Å². The third-order valence-electron chi connectivity index (χ3n) is 6.81. The lowest BCUT2D eigenvalue weighted by atomic mass is 10.0. The van der Waals surface area contributed by atoms with Gasteiger partial charge in [-0.1, -0.05) is 38.1 Å². The Kier molecular flexibility index (Phi) is 6.30. The number of hydrogen-bond acceptors (Lipinski definition) is 6. The quantitative estimate of drug-likeness (QED) is 0.571. The number of ketones is 1. The maximum atomic E-state index is 13.7. The van der Waals surface area contributed by atoms with Crippen molar-refractivity contribution in [3.63, 3.8) is 0 Å². The van der Waals surface area contributed by atoms with E-state index < -0.39 is 24.0 Å². The summed E-state index contributed by atoms with van der Waals surface area (Å²) in [5, 5.41) is 3.63. The molecule has 0 radical (unpaired) electrons. The van der Waals surface area contributed by atoms with E-state index in [0.29, 0.717) is 25.0 Å². The fourth-order valence-corrected chi connectivity index (χ4v) is 5.19. The van der Waals surface area contributed by atoms with Crippen molar-refractivity contribution in [3.8, 4) is 0 Å². The number of para-hydroxylation sites is 1. The number of nitrogens with zero attached hydrogens (tertiary/aromatic N) is 3. The highest BCUT2D eigenvalue weighted by Crippen LogP contribution is 2.31. The number of aromatic nitrogens is 1. The molecule has 2 aliphatic heterocycles. The number of nitrogens with one attached hydrogen (secondary N) is 1. The number of furan rings is 1. The highest BCUT2D eigenvalue weighted by Gasteiger charge is 2.52. The summed E-state index contributed by atoms with van der Waals surface area (Å²) >= 11 is 0. The number of Topliss-reactive ketones (excluding diaryl/α,β-unsaturated/α-hetero) is 1. The number of carbonyl (C=O) groups excluding carboxylic acids is 4. The van der Waals surface area contributed by atoms with Crippen LogP contribution in [0.4, 0.5) is 0 Å². The van der Waals surface area contributed by atoms with Crippen LogP contribution in [0.1, 0.15) is 47.7 Å². The molecule has 0 saturated carbocycles. The first-order valence-corrected chi connectivity index (χ1v) is 12.2. The molecule has 5 rings (SSSR count). The number of amides is 3. The first-order chi connectivity index (χ1) is 17.3. The summed E-state index contributed by atoms with van der Waals surface area (Å²) < 4.78 is 5.67. The second kappa shape index (κ2) is 9.56. The minimum Gasteiger partial charge on any atom is -0.451 e. The number of likely N-dealkylation sites (tertiary alicyclic amines) is 2. The molecule has 3 atom stereocenters. The standard InChI is InChI=1S/C27H28N4O5/c1-16(2)13-19(29-25(33)23-14-17-7-3-4-9-22(17)36-23)27(35)30-12-10-20-24(30)21(32)15-31(20)26(34)18-8-5-6-11-28-18/h3-9,11,14,16,19-20,24H,10,12-13,15H2,1-2H3,(H,29,33). The van der Waals surface area contributed by atoms with E-state index in [1.54, 1.807) is 30.3 Å². The van der Waals surface area contributed by atoms with E-state index >= 15 is 0 Å². The van der Waals surface area contributed by atoms with Gasteiger partial charge in [0.05, 0.1) is 12.6 Å². The van der Waals surface area contributed by atoms with Crippen molar-refractivity contribution in [3.05, 3.63) is 66.2 Å². The maximum absolute atomic E-state index is 13.7. The topological polar surface area (TPSA) is 113 Å². The Hall–Kier alpha value is -4.01. The monoisotopic (exact) mass is 488 g/mol. The van der Waals surface area contributed by atoms with E-state index in [2.05, 4.69) is 10.3 Å². The van der Waals surface area contributed by atoms with Gasteiger partial charge in [-0.05, 0) is 43.0 Å². The van der Waals surface area contributed by atoms with Gasteiger partial charge in [-0.25, -0.2) is 0 Å². The Bertz CT molecular complexity index is 1280. The van der Waals surface area contributed by atoms with Gasteiger partial charge in [0, 0.05) is 18.1 Å². The fraction of sp³-hybridized carbons (Fsp3) is 0.370. The number of hydrogen-bond donors (Lipinski definition) is 1. The molecule has 0 aliphatic carbocycles. The van der Waals surface area contributed by atoms with Gasteiger partial charge >= 0.3 is 0 Å². The molecule has 3 aromatic rings. The van der Waals surface area contributed by atoms with Gasteiger partial charge in [0.15, 0.2) is 11.5 Å². The van der Waals surface area contributed by atoms with Gasteiger partial charge in [0.2, 0.25) is 5.91 Å². The van der Waals surface area contributed by atoms with Crippen LogP contribution in [0.15, 0.2) is 59.1 Å². The van der Waals surface area contributed by atoms with Crippen LogP contribution in [0.5, 0.6) is 0 Å². The highest BCUT2D eigenvalue weighted by atomic mass is 16.3. The van der Waals surface area contributed by atoms with Crippen molar-refractivity contribution in [1.82, 2.24) is 20.1 Å². The zero-order chi connectivity index (χ0) is 25.4. The number of benzene rings is 1. The van der Waals surface area contributed by atoms with Crippen molar-refractivity contribution < 1.29 is 23.6 Å². The Balaban J connectivity index is 1.34. The average Bonchev–Trinajstić information content (AvgIpc) is 3.58. The molecule has 2 saturated heterocycles. The normalized spacial score (nSPS) is 20.1. The molecule has 2 fully saturated rings. The second-order valence-electron chi connectivity index (χ2n) is 9.75. The van der Waals surface area contributed by atoms with E-state index in [-0.39, 0.29) is 41.5 Å². The lowest BCUT2D eigenvalue weighted by molar-refractivity contribution is -0.138. The highest BCUT2D eigenvalue weighted by molar-refractivity contribution is 6.03. The Labute approximate surface area is 208 Å². The van der Waals surface area contributed by atoms with Gasteiger partial charge in [0.25, 0.3) is 11.8 Å². The van der Waals surface area contributed by atoms with Crippen molar-refractivity contribution >= 4 is 34.5 Å². The molecular weight excluding hydrogens is 460 g/mol. The van der Waals surface area contributed by atoms with E-state index in [9.17, 15) is 19.2 Å². The summed E-state index contributed by atoms with van der Waals surface area (Å²) in [6.07, 6.45) is 2.43. The molecule has 4 heterocycles. The lowest BCUT2D eigenvalue weighted by Crippen LogP contribution is -2.53. The van der Waals surface area contributed by atoms with Crippen LogP contribution in [0.3, 0.4) is 0 Å². The molecule has 186 valence electrons. The third kappa shape index (κ3) is 4.36. The van der Waals surface area contributed by atoms with Crippen LogP contribution in [-0.2, 0) is 9.59 Å². The molecule has 3 amide bonds. The Morgan fingerprint density at radius 2 is 1.89 bits per heavy atom. The van der Waals surface area contributed by atoms with E-state index in [0.717, 1.165) is 5.39 Å². The Morgan fingerprint density at radius 1 is 1.11 bits per heavy atom. The zero-order valence-corrected chi connectivity index (χ0v) is 20.2. The third-order valence-corrected chi connectivity index (χ3v) is 6.81. The summed E-state index contributed by atoms with van der Waals surface area (Å²) in [6, 6.07) is 12.1. The largest absolute Gasteiger partial charge is 0.451 e. The molecule has 2 aliphatic rings. The van der Waals surface area contributed by atoms with Gasteiger partial charge in [-0.3, -0.25) is 24.2 Å². The maximum Gasteiger partial charge on any atom is 0.287 e. The predicted molar refractivity (Wildman–Crippen MR) is 131 cm³/mol. The fourth-order valence-electron chi connectivity index (χ4n) is 5.19. The van der Waals surface area contributed by atoms with Crippen LogP contribution in [0.25, 0.3) is 11.0 Å². The summed E-state index contributed by atoms with van der Waals surface area (Å²) in [7, 11) is 0. The van der Waals surface area contributed by atoms with Crippen LogP contribution in [0, 0.1) is 5.92 Å². The van der Waals surface area contributed by atoms with E-state index in [1.807, 2.05) is 32.0 Å². The lowest BCUT2D eigenvalue weighted by Gasteiger charge is -2.29. The molecule has 0 bridgehead atoms. The summed E-state index contributed by atoms with van der Waals surface area (Å²) in [4.78, 5) is 59.9. The predicted octanol–water partition coefficient (Wildman–Crippen LogP) is 2.67. The van der Waals surface area contributed by atoms with Crippen LogP contribution < -0.4 is 5.32 Å². The first kappa shape index (κ1) is 23.7. The van der Waals surface area contributed by atoms with Crippen LogP contribution in [-0.4, -0.2) is 69.5 Å². The van der Waals surface area contributed by atoms with E-state index in [4.69, 9.17) is 4.42 Å². The Morgan fingerprint density at radius 3 is 2.61 bits per heavy atom. The van der Waals surface area contributed by atoms with Crippen molar-refractivity contribution in [2.75, 3.05) is 13.1 Å². The summed E-state index contributed by atoms with van der Waals surface area (Å²) in [5.74, 6) is -1.05. The molecule has 1 aromatic carbocycles. The molecule has 9 heteroatoms. The minimum absolute atomic E-state index is 0.0608. The summed E-state index contributed by atoms with van der Waals surface area (Å²) in [6.45, 7) is 4.21. The smallest absolute Gasteiger partial charge is 0.287 e. The van der Waals surface area contributed by atoms with E-state index in [1.165, 1.54) is 16.0 Å².